The van der Waals surface area contributed by atoms with Crippen LogP contribution < -0.4 is 11.0 Å². The largest absolute Gasteiger partial charge is 0.382 e. The molecule has 0 saturated heterocycles. The van der Waals surface area contributed by atoms with E-state index in [2.05, 4.69) is 25.5 Å². The Morgan fingerprint density at radius 1 is 1.11 bits per heavy atom. The maximum absolute atomic E-state index is 12.9. The Bertz CT molecular complexity index is 1540. The number of aliphatic hydroxyl groups is 1. The standard InChI is InChI=1S/C22H14Cl2N6O5/c23-14-3-1-12(9-15(14)24)20(31)18(28-29-21(32)11-5-7-25-8-6-11)19-22(33)27-17-10-13(30(34)35)2-4-16(17)26-19/h1-10,20,31H,(H,27,33)(H,29,32)/b28-18+/t20-/m0/s1. The van der Waals surface area contributed by atoms with Gasteiger partial charge in [0, 0.05) is 30.1 Å². The molecule has 13 heteroatoms. The number of nitro benzene ring substituents is 1. The van der Waals surface area contributed by atoms with Gasteiger partial charge in [0.05, 0.1) is 26.0 Å². The smallest absolute Gasteiger partial charge is 0.276 e. The van der Waals surface area contributed by atoms with Crippen molar-refractivity contribution >= 4 is 51.5 Å². The molecule has 0 radical (unpaired) electrons. The lowest BCUT2D eigenvalue weighted by Gasteiger charge is -2.15. The normalized spacial score (nSPS) is 12.4. The van der Waals surface area contributed by atoms with E-state index in [-0.39, 0.29) is 49.3 Å². The van der Waals surface area contributed by atoms with Crippen LogP contribution in [0, 0.1) is 10.1 Å². The number of nitro groups is 1. The van der Waals surface area contributed by atoms with Gasteiger partial charge < -0.3 is 10.1 Å². The molecule has 0 bridgehead atoms. The van der Waals surface area contributed by atoms with Crippen molar-refractivity contribution in [2.45, 2.75) is 6.10 Å². The molecular formula is C22H14Cl2N6O5. The van der Waals surface area contributed by atoms with Crippen LogP contribution in [0.4, 0.5) is 5.69 Å². The van der Waals surface area contributed by atoms with Crippen molar-refractivity contribution in [3.8, 4) is 0 Å². The molecule has 0 saturated carbocycles. The van der Waals surface area contributed by atoms with E-state index in [1.54, 1.807) is 0 Å². The number of pyridine rings is 1. The fourth-order valence-electron chi connectivity index (χ4n) is 3.12. The second kappa shape index (κ2) is 9.97. The maximum Gasteiger partial charge on any atom is 0.276 e. The van der Waals surface area contributed by atoms with E-state index in [4.69, 9.17) is 23.2 Å². The number of H-pyrrole nitrogens is 1. The Hall–Kier alpha value is -4.19. The van der Waals surface area contributed by atoms with Crippen LogP contribution in [0.15, 0.2) is 70.8 Å². The third kappa shape index (κ3) is 5.17. The van der Waals surface area contributed by atoms with Gasteiger partial charge in [-0.15, -0.1) is 0 Å². The third-order valence-electron chi connectivity index (χ3n) is 4.87. The summed E-state index contributed by atoms with van der Waals surface area (Å²) in [7, 11) is 0. The van der Waals surface area contributed by atoms with Crippen LogP contribution in [0.25, 0.3) is 11.0 Å². The van der Waals surface area contributed by atoms with Crippen molar-refractivity contribution in [3.05, 3.63) is 108 Å². The number of fused-ring (bicyclic) bond motifs is 1. The number of aliphatic hydroxyl groups excluding tert-OH is 1. The minimum atomic E-state index is -1.55. The van der Waals surface area contributed by atoms with Crippen LogP contribution in [-0.4, -0.2) is 36.6 Å². The minimum Gasteiger partial charge on any atom is -0.382 e. The quantitative estimate of drug-likeness (QED) is 0.202. The van der Waals surface area contributed by atoms with Gasteiger partial charge in [-0.1, -0.05) is 29.3 Å². The average Bonchev–Trinajstić information content (AvgIpc) is 2.85. The summed E-state index contributed by atoms with van der Waals surface area (Å²) in [6.45, 7) is 0. The molecule has 2 aromatic heterocycles. The molecule has 35 heavy (non-hydrogen) atoms. The number of benzene rings is 2. The number of carbonyl (C=O) groups excluding carboxylic acids is 1. The lowest BCUT2D eigenvalue weighted by Crippen LogP contribution is -2.29. The molecule has 1 amide bonds. The fraction of sp³-hybridized carbons (Fsp3) is 0.0455. The first kappa shape index (κ1) is 24.0. The van der Waals surface area contributed by atoms with E-state index >= 15 is 0 Å². The number of aromatic amines is 1. The molecule has 0 aliphatic carbocycles. The molecule has 4 rings (SSSR count). The van der Waals surface area contributed by atoms with Gasteiger partial charge in [-0.2, -0.15) is 5.10 Å². The number of nitrogens with one attached hydrogen (secondary N) is 2. The molecular weight excluding hydrogens is 499 g/mol. The summed E-state index contributed by atoms with van der Waals surface area (Å²) in [6, 6.07) is 10.9. The maximum atomic E-state index is 12.9. The van der Waals surface area contributed by atoms with E-state index < -0.39 is 22.5 Å². The zero-order valence-electron chi connectivity index (χ0n) is 17.5. The summed E-state index contributed by atoms with van der Waals surface area (Å²) in [5.41, 5.74) is 1.40. The van der Waals surface area contributed by atoms with Crippen molar-refractivity contribution in [2.75, 3.05) is 0 Å². The number of nitrogens with zero attached hydrogens (tertiary/aromatic N) is 4. The van der Waals surface area contributed by atoms with Crippen molar-refractivity contribution in [1.29, 1.82) is 0 Å². The number of non-ortho nitro benzene ring substituents is 1. The monoisotopic (exact) mass is 512 g/mol. The SMILES string of the molecule is O=C(N/N=C(\c1nc2ccc([N+](=O)[O-])cc2[nH]c1=O)[C@@H](O)c1ccc(Cl)c(Cl)c1)c1ccncc1. The summed E-state index contributed by atoms with van der Waals surface area (Å²) in [5.74, 6) is -0.626. The molecule has 4 aromatic rings. The Kier molecular flexibility index (Phi) is 6.82. The summed E-state index contributed by atoms with van der Waals surface area (Å²) < 4.78 is 0. The molecule has 11 nitrogen and oxygen atoms in total. The average molecular weight is 513 g/mol. The molecule has 2 aromatic carbocycles. The molecule has 0 aliphatic rings. The molecule has 0 spiro atoms. The second-order valence-electron chi connectivity index (χ2n) is 7.12. The van der Waals surface area contributed by atoms with Crippen LogP contribution in [-0.2, 0) is 0 Å². The molecule has 0 aliphatic heterocycles. The van der Waals surface area contributed by atoms with Crippen molar-refractivity contribution in [3.63, 3.8) is 0 Å². The molecule has 0 unspecified atom stereocenters. The highest BCUT2D eigenvalue weighted by Crippen LogP contribution is 2.27. The molecule has 3 N–H and O–H groups in total. The lowest BCUT2D eigenvalue weighted by atomic mass is 10.0. The summed E-state index contributed by atoms with van der Waals surface area (Å²) in [5, 5.41) is 26.5. The van der Waals surface area contributed by atoms with Gasteiger partial charge in [-0.25, -0.2) is 10.4 Å². The van der Waals surface area contributed by atoms with Gasteiger partial charge >= 0.3 is 0 Å². The number of carbonyl (C=O) groups is 1. The highest BCUT2D eigenvalue weighted by molar-refractivity contribution is 6.42. The first-order valence-corrected chi connectivity index (χ1v) is 10.6. The van der Waals surface area contributed by atoms with E-state index in [1.165, 1.54) is 54.9 Å². The predicted molar refractivity (Wildman–Crippen MR) is 129 cm³/mol. The number of hydrazone groups is 1. The van der Waals surface area contributed by atoms with Gasteiger partial charge in [0.15, 0.2) is 5.69 Å². The van der Waals surface area contributed by atoms with Gasteiger partial charge in [-0.05, 0) is 35.9 Å². The van der Waals surface area contributed by atoms with E-state index in [1.807, 2.05) is 0 Å². The minimum absolute atomic E-state index is 0.108. The van der Waals surface area contributed by atoms with Crippen molar-refractivity contribution < 1.29 is 14.8 Å². The van der Waals surface area contributed by atoms with Gasteiger partial charge in [0.25, 0.3) is 17.2 Å². The van der Waals surface area contributed by atoms with E-state index in [9.17, 15) is 24.8 Å². The van der Waals surface area contributed by atoms with E-state index in [0.717, 1.165) is 6.07 Å². The Labute approximate surface area is 206 Å². The molecule has 0 fully saturated rings. The number of aromatic nitrogens is 3. The first-order chi connectivity index (χ1) is 16.7. The molecule has 1 atom stereocenters. The van der Waals surface area contributed by atoms with Crippen LogP contribution in [0.5, 0.6) is 0 Å². The Morgan fingerprint density at radius 3 is 2.54 bits per heavy atom. The Morgan fingerprint density at radius 2 is 1.86 bits per heavy atom. The van der Waals surface area contributed by atoms with Gasteiger partial charge in [-0.3, -0.25) is 24.7 Å². The first-order valence-electron chi connectivity index (χ1n) is 9.84. The highest BCUT2D eigenvalue weighted by atomic mass is 35.5. The number of hydrogen-bond acceptors (Lipinski definition) is 8. The zero-order chi connectivity index (χ0) is 25.1. The predicted octanol–water partition coefficient (Wildman–Crippen LogP) is 3.40. The summed E-state index contributed by atoms with van der Waals surface area (Å²) >= 11 is 12.0. The second-order valence-corrected chi connectivity index (χ2v) is 7.94. The summed E-state index contributed by atoms with van der Waals surface area (Å²) in [6.07, 6.45) is 1.28. The number of amides is 1. The molecule has 176 valence electrons. The fourth-order valence-corrected chi connectivity index (χ4v) is 3.43. The van der Waals surface area contributed by atoms with Crippen LogP contribution in [0.1, 0.15) is 27.7 Å². The lowest BCUT2D eigenvalue weighted by molar-refractivity contribution is -0.384. The van der Waals surface area contributed by atoms with Crippen molar-refractivity contribution in [2.24, 2.45) is 5.10 Å². The topological polar surface area (TPSA) is 163 Å². The zero-order valence-corrected chi connectivity index (χ0v) is 19.0. The van der Waals surface area contributed by atoms with E-state index in [0.29, 0.717) is 0 Å². The van der Waals surface area contributed by atoms with Gasteiger partial charge in [0.2, 0.25) is 0 Å². The van der Waals surface area contributed by atoms with Crippen LogP contribution in [0.2, 0.25) is 10.0 Å². The number of halogens is 2. The number of hydrogen-bond donors (Lipinski definition) is 3. The molecule has 2 heterocycles. The summed E-state index contributed by atoms with van der Waals surface area (Å²) in [4.78, 5) is 46.4. The van der Waals surface area contributed by atoms with Crippen LogP contribution >= 0.6 is 23.2 Å². The Balaban J connectivity index is 1.82. The third-order valence-corrected chi connectivity index (χ3v) is 5.61. The number of rotatable bonds is 6. The van der Waals surface area contributed by atoms with Crippen LogP contribution in [0.3, 0.4) is 0 Å². The van der Waals surface area contributed by atoms with Crippen molar-refractivity contribution in [1.82, 2.24) is 20.4 Å². The van der Waals surface area contributed by atoms with Gasteiger partial charge in [0.1, 0.15) is 11.8 Å². The highest BCUT2D eigenvalue weighted by Gasteiger charge is 2.24.